The van der Waals surface area contributed by atoms with E-state index < -0.39 is 0 Å². The van der Waals surface area contributed by atoms with E-state index >= 15 is 0 Å². The summed E-state index contributed by atoms with van der Waals surface area (Å²) < 4.78 is 1.89. The fourth-order valence-electron chi connectivity index (χ4n) is 3.45. The van der Waals surface area contributed by atoms with Crippen LogP contribution in [0.25, 0.3) is 0 Å². The average molecular weight is 342 g/mol. The normalized spacial score (nSPS) is 19.5. The smallest absolute Gasteiger partial charge is 0.271 e. The number of aromatic nitrogens is 2. The second kappa shape index (κ2) is 8.27. The lowest BCUT2D eigenvalue weighted by Gasteiger charge is -2.34. The Balaban J connectivity index is 1.55. The summed E-state index contributed by atoms with van der Waals surface area (Å²) in [5, 5.41) is 17.4. The van der Waals surface area contributed by atoms with Crippen LogP contribution in [-0.2, 0) is 6.42 Å². The van der Waals surface area contributed by atoms with Crippen LogP contribution in [-0.4, -0.2) is 58.5 Å². The van der Waals surface area contributed by atoms with Crippen molar-refractivity contribution in [1.29, 1.82) is 0 Å². The summed E-state index contributed by atoms with van der Waals surface area (Å²) in [5.41, 5.74) is 1.61. The zero-order valence-corrected chi connectivity index (χ0v) is 14.6. The molecule has 0 spiro atoms. The van der Waals surface area contributed by atoms with E-state index in [1.807, 2.05) is 41.2 Å². The number of nitrogens with zero attached hydrogens (tertiary/aromatic N) is 3. The maximum atomic E-state index is 11.7. The summed E-state index contributed by atoms with van der Waals surface area (Å²) in [7, 11) is 1.61. The molecule has 25 heavy (non-hydrogen) atoms. The Morgan fingerprint density at radius 3 is 2.92 bits per heavy atom. The van der Waals surface area contributed by atoms with Crippen LogP contribution in [0.1, 0.15) is 34.9 Å². The molecule has 1 amide bonds. The topological polar surface area (TPSA) is 70.4 Å². The molecule has 6 heteroatoms. The molecule has 3 rings (SSSR count). The number of hydrogen-bond donors (Lipinski definition) is 2. The second-order valence-corrected chi connectivity index (χ2v) is 6.66. The number of amides is 1. The molecule has 2 N–H and O–H groups in total. The maximum absolute atomic E-state index is 11.7. The van der Waals surface area contributed by atoms with Crippen molar-refractivity contribution in [1.82, 2.24) is 20.0 Å². The molecule has 6 nitrogen and oxygen atoms in total. The van der Waals surface area contributed by atoms with Gasteiger partial charge in [0, 0.05) is 26.3 Å². The minimum absolute atomic E-state index is 0.162. The first-order valence-electron chi connectivity index (χ1n) is 8.87. The van der Waals surface area contributed by atoms with Crippen molar-refractivity contribution in [2.45, 2.75) is 31.4 Å². The minimum atomic E-state index is -0.375. The molecular formula is C19H26N4O2. The quantitative estimate of drug-likeness (QED) is 0.834. The molecule has 0 saturated carbocycles. The van der Waals surface area contributed by atoms with Crippen molar-refractivity contribution in [3.63, 3.8) is 0 Å². The predicted molar refractivity (Wildman–Crippen MR) is 96.5 cm³/mol. The van der Waals surface area contributed by atoms with Crippen molar-refractivity contribution in [3.8, 4) is 0 Å². The molecule has 2 unspecified atom stereocenters. The lowest BCUT2D eigenvalue weighted by atomic mass is 10.0. The number of aliphatic hydroxyl groups excluding tert-OH is 1. The zero-order valence-electron chi connectivity index (χ0n) is 14.6. The summed E-state index contributed by atoms with van der Waals surface area (Å²) in [6.45, 7) is 2.50. The van der Waals surface area contributed by atoms with Crippen LogP contribution in [0.5, 0.6) is 0 Å². The van der Waals surface area contributed by atoms with Crippen LogP contribution in [0.15, 0.2) is 42.6 Å². The summed E-state index contributed by atoms with van der Waals surface area (Å²) in [6, 6.07) is 12.1. The molecule has 0 radical (unpaired) electrons. The molecule has 2 aromatic rings. The molecule has 1 aliphatic rings. The van der Waals surface area contributed by atoms with Gasteiger partial charge in [0.1, 0.15) is 5.69 Å². The molecule has 2 heterocycles. The number of likely N-dealkylation sites (tertiary alicyclic amines) is 1. The fraction of sp³-hybridized carbons (Fsp3) is 0.474. The van der Waals surface area contributed by atoms with Gasteiger partial charge in [0.15, 0.2) is 0 Å². The minimum Gasteiger partial charge on any atom is -0.391 e. The monoisotopic (exact) mass is 342 g/mol. The summed E-state index contributed by atoms with van der Waals surface area (Å²) in [5.74, 6) is -0.162. The Morgan fingerprint density at radius 2 is 2.16 bits per heavy atom. The lowest BCUT2D eigenvalue weighted by Crippen LogP contribution is -2.41. The largest absolute Gasteiger partial charge is 0.391 e. The van der Waals surface area contributed by atoms with Crippen molar-refractivity contribution in [2.75, 3.05) is 26.7 Å². The van der Waals surface area contributed by atoms with Crippen molar-refractivity contribution in [3.05, 3.63) is 53.9 Å². The molecule has 0 aliphatic carbocycles. The molecule has 1 fully saturated rings. The van der Waals surface area contributed by atoms with E-state index in [-0.39, 0.29) is 18.1 Å². The number of carbonyl (C=O) groups is 1. The van der Waals surface area contributed by atoms with E-state index in [1.54, 1.807) is 13.1 Å². The molecule has 2 atom stereocenters. The van der Waals surface area contributed by atoms with Crippen LogP contribution in [0.4, 0.5) is 0 Å². The first kappa shape index (κ1) is 17.6. The second-order valence-electron chi connectivity index (χ2n) is 6.66. The SMILES string of the molecule is CNC(=O)c1ccn(C2CCCN(CC(O)Cc3ccccc3)C2)n1. The summed E-state index contributed by atoms with van der Waals surface area (Å²) in [4.78, 5) is 14.0. The van der Waals surface area contributed by atoms with Crippen LogP contribution >= 0.6 is 0 Å². The zero-order chi connectivity index (χ0) is 17.6. The van der Waals surface area contributed by atoms with Gasteiger partial charge in [-0.05, 0) is 37.4 Å². The standard InChI is InChI=1S/C19H26N4O2/c1-20-19(25)18-9-11-23(21-18)16-8-5-10-22(13-16)14-17(24)12-15-6-3-2-4-7-15/h2-4,6-7,9,11,16-17,24H,5,8,10,12-14H2,1H3,(H,20,25). The van der Waals surface area contributed by atoms with E-state index in [1.165, 1.54) is 0 Å². The molecule has 1 aliphatic heterocycles. The van der Waals surface area contributed by atoms with Crippen LogP contribution in [0, 0.1) is 0 Å². The third kappa shape index (κ3) is 4.67. The van der Waals surface area contributed by atoms with Gasteiger partial charge in [0.05, 0.1) is 12.1 Å². The number of hydrogen-bond acceptors (Lipinski definition) is 4. The van der Waals surface area contributed by atoms with Gasteiger partial charge in [-0.15, -0.1) is 0 Å². The first-order chi connectivity index (χ1) is 12.2. The lowest BCUT2D eigenvalue weighted by molar-refractivity contribution is 0.0839. The van der Waals surface area contributed by atoms with Gasteiger partial charge in [0.2, 0.25) is 0 Å². The van der Waals surface area contributed by atoms with E-state index in [0.29, 0.717) is 18.7 Å². The average Bonchev–Trinajstić information content (AvgIpc) is 3.12. The maximum Gasteiger partial charge on any atom is 0.271 e. The Hall–Kier alpha value is -2.18. The van der Waals surface area contributed by atoms with Crippen LogP contribution in [0.2, 0.25) is 0 Å². The van der Waals surface area contributed by atoms with E-state index in [0.717, 1.165) is 31.5 Å². The number of β-amino-alcohol motifs (C(OH)–C–C–N with tert-alkyl or cyclic N) is 1. The predicted octanol–water partition coefficient (Wildman–Crippen LogP) is 1.48. The number of nitrogens with one attached hydrogen (secondary N) is 1. The summed E-state index contributed by atoms with van der Waals surface area (Å²) >= 11 is 0. The van der Waals surface area contributed by atoms with Crippen LogP contribution < -0.4 is 5.32 Å². The van der Waals surface area contributed by atoms with Gasteiger partial charge in [-0.25, -0.2) is 0 Å². The van der Waals surface area contributed by atoms with Gasteiger partial charge in [-0.1, -0.05) is 30.3 Å². The molecule has 1 saturated heterocycles. The number of aliphatic hydroxyl groups is 1. The molecule has 134 valence electrons. The molecule has 1 aromatic carbocycles. The van der Waals surface area contributed by atoms with E-state index in [9.17, 15) is 9.90 Å². The third-order valence-corrected chi connectivity index (χ3v) is 4.71. The summed E-state index contributed by atoms with van der Waals surface area (Å²) in [6.07, 6.45) is 4.28. The molecule has 1 aromatic heterocycles. The Kier molecular flexibility index (Phi) is 5.83. The van der Waals surface area contributed by atoms with Gasteiger partial charge < -0.3 is 10.4 Å². The highest BCUT2D eigenvalue weighted by molar-refractivity contribution is 5.91. The number of benzene rings is 1. The van der Waals surface area contributed by atoms with Gasteiger partial charge >= 0.3 is 0 Å². The van der Waals surface area contributed by atoms with E-state index in [2.05, 4.69) is 15.3 Å². The molecular weight excluding hydrogens is 316 g/mol. The van der Waals surface area contributed by atoms with Gasteiger partial charge in [-0.3, -0.25) is 14.4 Å². The fourth-order valence-corrected chi connectivity index (χ4v) is 3.45. The van der Waals surface area contributed by atoms with Crippen LogP contribution in [0.3, 0.4) is 0 Å². The highest BCUT2D eigenvalue weighted by atomic mass is 16.3. The number of piperidine rings is 1. The van der Waals surface area contributed by atoms with Gasteiger partial charge in [0.25, 0.3) is 5.91 Å². The van der Waals surface area contributed by atoms with E-state index in [4.69, 9.17) is 0 Å². The number of rotatable bonds is 6. The Labute approximate surface area is 148 Å². The Morgan fingerprint density at radius 1 is 1.36 bits per heavy atom. The van der Waals surface area contributed by atoms with Crippen molar-refractivity contribution < 1.29 is 9.90 Å². The van der Waals surface area contributed by atoms with Gasteiger partial charge in [-0.2, -0.15) is 5.10 Å². The molecule has 0 bridgehead atoms. The van der Waals surface area contributed by atoms with Crippen molar-refractivity contribution in [2.24, 2.45) is 0 Å². The highest BCUT2D eigenvalue weighted by Gasteiger charge is 2.24. The Bertz CT molecular complexity index is 686. The highest BCUT2D eigenvalue weighted by Crippen LogP contribution is 2.21. The van der Waals surface area contributed by atoms with Crippen molar-refractivity contribution >= 4 is 5.91 Å². The first-order valence-corrected chi connectivity index (χ1v) is 8.87. The number of carbonyl (C=O) groups excluding carboxylic acids is 1. The third-order valence-electron chi connectivity index (χ3n) is 4.71.